The molecule has 108 valence electrons. The van der Waals surface area contributed by atoms with Gasteiger partial charge in [-0.05, 0) is 25.0 Å². The first-order valence-corrected chi connectivity index (χ1v) is 6.65. The van der Waals surface area contributed by atoms with Crippen LogP contribution >= 0.6 is 0 Å². The first kappa shape index (κ1) is 14.3. The van der Waals surface area contributed by atoms with Gasteiger partial charge >= 0.3 is 5.97 Å². The van der Waals surface area contributed by atoms with Crippen LogP contribution in [0.15, 0.2) is 18.3 Å². The number of aliphatic carboxylic acids is 1. The summed E-state index contributed by atoms with van der Waals surface area (Å²) < 4.78 is 0. The van der Waals surface area contributed by atoms with Gasteiger partial charge in [-0.2, -0.15) is 0 Å². The summed E-state index contributed by atoms with van der Waals surface area (Å²) in [6.45, 7) is 0.621. The molecule has 0 radical (unpaired) electrons. The lowest BCUT2D eigenvalue weighted by Crippen LogP contribution is -2.36. The molecule has 2 heterocycles. The molecule has 2 rings (SSSR count). The normalized spacial score (nSPS) is 18.1. The minimum Gasteiger partial charge on any atom is -0.481 e. The van der Waals surface area contributed by atoms with E-state index in [-0.39, 0.29) is 18.4 Å². The summed E-state index contributed by atoms with van der Waals surface area (Å²) in [6, 6.07) is 3.21. The van der Waals surface area contributed by atoms with Crippen LogP contribution < -0.4 is 4.90 Å². The standard InChI is InChI=1S/C14H19N3O3/c1-16(2)12-8-10(5-6-15-12)14(20)17-7-3-4-11(17)9-13(18)19/h5-6,8,11H,3-4,7,9H2,1-2H3,(H,18,19). The van der Waals surface area contributed by atoms with E-state index in [1.807, 2.05) is 19.0 Å². The Morgan fingerprint density at radius 1 is 1.50 bits per heavy atom. The summed E-state index contributed by atoms with van der Waals surface area (Å²) in [5.74, 6) is -0.262. The highest BCUT2D eigenvalue weighted by molar-refractivity contribution is 5.95. The van der Waals surface area contributed by atoms with Crippen LogP contribution in [0.5, 0.6) is 0 Å². The molecule has 1 amide bonds. The Bertz CT molecular complexity index is 516. The van der Waals surface area contributed by atoms with Gasteiger partial charge in [-0.25, -0.2) is 4.98 Å². The molecule has 0 aromatic carbocycles. The number of carbonyl (C=O) groups excluding carboxylic acids is 1. The summed E-state index contributed by atoms with van der Waals surface area (Å²) in [4.78, 5) is 31.0. The summed E-state index contributed by atoms with van der Waals surface area (Å²) in [5.41, 5.74) is 0.556. The number of anilines is 1. The quantitative estimate of drug-likeness (QED) is 0.896. The zero-order valence-corrected chi connectivity index (χ0v) is 11.7. The monoisotopic (exact) mass is 277 g/mol. The number of rotatable bonds is 4. The SMILES string of the molecule is CN(C)c1cc(C(=O)N2CCCC2CC(=O)O)ccn1. The highest BCUT2D eigenvalue weighted by Crippen LogP contribution is 2.23. The lowest BCUT2D eigenvalue weighted by atomic mass is 10.1. The molecule has 1 N–H and O–H groups in total. The van der Waals surface area contributed by atoms with Gasteiger partial charge in [0.25, 0.3) is 5.91 Å². The zero-order valence-electron chi connectivity index (χ0n) is 11.7. The fraction of sp³-hybridized carbons (Fsp3) is 0.500. The number of pyridine rings is 1. The Morgan fingerprint density at radius 3 is 2.90 bits per heavy atom. The molecule has 1 fully saturated rings. The van der Waals surface area contributed by atoms with Gasteiger partial charge < -0.3 is 14.9 Å². The molecule has 1 unspecified atom stereocenters. The fourth-order valence-electron chi connectivity index (χ4n) is 2.48. The topological polar surface area (TPSA) is 73.7 Å². The highest BCUT2D eigenvalue weighted by Gasteiger charge is 2.31. The van der Waals surface area contributed by atoms with Crippen molar-refractivity contribution in [3.05, 3.63) is 23.9 Å². The third kappa shape index (κ3) is 3.07. The maximum absolute atomic E-state index is 12.5. The van der Waals surface area contributed by atoms with Gasteiger partial charge in [0.1, 0.15) is 5.82 Å². The molecule has 1 saturated heterocycles. The van der Waals surface area contributed by atoms with Gasteiger partial charge in [0.05, 0.1) is 6.42 Å². The van der Waals surface area contributed by atoms with Crippen LogP contribution in [0.2, 0.25) is 0 Å². The summed E-state index contributed by atoms with van der Waals surface area (Å²) in [6.07, 6.45) is 3.22. The van der Waals surface area contributed by atoms with Crippen LogP contribution in [-0.2, 0) is 4.79 Å². The van der Waals surface area contributed by atoms with Crippen molar-refractivity contribution in [2.24, 2.45) is 0 Å². The van der Waals surface area contributed by atoms with Crippen molar-refractivity contribution in [2.45, 2.75) is 25.3 Å². The van der Waals surface area contributed by atoms with Gasteiger partial charge in [0.2, 0.25) is 0 Å². The van der Waals surface area contributed by atoms with E-state index >= 15 is 0 Å². The lowest BCUT2D eigenvalue weighted by Gasteiger charge is -2.24. The van der Waals surface area contributed by atoms with Gasteiger partial charge in [0, 0.05) is 38.4 Å². The Labute approximate surface area is 118 Å². The summed E-state index contributed by atoms with van der Waals surface area (Å²) >= 11 is 0. The molecule has 0 saturated carbocycles. The average Bonchev–Trinajstić information content (AvgIpc) is 2.85. The number of likely N-dealkylation sites (tertiary alicyclic amines) is 1. The predicted molar refractivity (Wildman–Crippen MR) is 74.9 cm³/mol. The van der Waals surface area contributed by atoms with E-state index in [1.54, 1.807) is 23.2 Å². The van der Waals surface area contributed by atoms with E-state index in [4.69, 9.17) is 5.11 Å². The third-order valence-electron chi connectivity index (χ3n) is 3.50. The second kappa shape index (κ2) is 5.90. The minimum absolute atomic E-state index is 0.0113. The maximum atomic E-state index is 12.5. The number of carboxylic acid groups (broad SMARTS) is 1. The number of aromatic nitrogens is 1. The molecular weight excluding hydrogens is 258 g/mol. The van der Waals surface area contributed by atoms with Crippen LogP contribution in [-0.4, -0.2) is 53.5 Å². The van der Waals surface area contributed by atoms with E-state index in [0.29, 0.717) is 17.9 Å². The number of amides is 1. The molecule has 1 aromatic heterocycles. The van der Waals surface area contributed by atoms with Crippen LogP contribution in [0.1, 0.15) is 29.6 Å². The van der Waals surface area contributed by atoms with Crippen LogP contribution in [0, 0.1) is 0 Å². The van der Waals surface area contributed by atoms with Gasteiger partial charge in [0.15, 0.2) is 0 Å². The van der Waals surface area contributed by atoms with Crippen molar-refractivity contribution in [2.75, 3.05) is 25.5 Å². The zero-order chi connectivity index (χ0) is 14.7. The average molecular weight is 277 g/mol. The van der Waals surface area contributed by atoms with E-state index in [9.17, 15) is 9.59 Å². The molecule has 0 spiro atoms. The molecule has 0 aliphatic carbocycles. The van der Waals surface area contributed by atoms with Crippen LogP contribution in [0.3, 0.4) is 0 Å². The number of carbonyl (C=O) groups is 2. The fourth-order valence-corrected chi connectivity index (χ4v) is 2.48. The predicted octanol–water partition coefficient (Wildman–Crippen LogP) is 1.23. The highest BCUT2D eigenvalue weighted by atomic mass is 16.4. The molecule has 6 nitrogen and oxygen atoms in total. The Hall–Kier alpha value is -2.11. The van der Waals surface area contributed by atoms with Crippen molar-refractivity contribution in [1.82, 2.24) is 9.88 Å². The van der Waals surface area contributed by atoms with Crippen LogP contribution in [0.4, 0.5) is 5.82 Å². The molecule has 0 bridgehead atoms. The first-order chi connectivity index (χ1) is 9.49. The minimum atomic E-state index is -0.863. The lowest BCUT2D eigenvalue weighted by molar-refractivity contribution is -0.137. The third-order valence-corrected chi connectivity index (χ3v) is 3.50. The molecule has 1 aromatic rings. The molecular formula is C14H19N3O3. The maximum Gasteiger partial charge on any atom is 0.305 e. The van der Waals surface area contributed by atoms with Crippen molar-refractivity contribution >= 4 is 17.7 Å². The first-order valence-electron chi connectivity index (χ1n) is 6.65. The van der Waals surface area contributed by atoms with Crippen LogP contribution in [0.25, 0.3) is 0 Å². The largest absolute Gasteiger partial charge is 0.481 e. The molecule has 1 aliphatic rings. The number of carboxylic acids is 1. The number of nitrogens with zero attached hydrogens (tertiary/aromatic N) is 3. The molecule has 1 aliphatic heterocycles. The summed E-state index contributed by atoms with van der Waals surface area (Å²) in [5, 5.41) is 8.91. The molecule has 6 heteroatoms. The van der Waals surface area contributed by atoms with E-state index in [2.05, 4.69) is 4.98 Å². The number of hydrogen-bond donors (Lipinski definition) is 1. The van der Waals surface area contributed by atoms with Crippen molar-refractivity contribution in [3.63, 3.8) is 0 Å². The van der Waals surface area contributed by atoms with E-state index in [1.165, 1.54) is 0 Å². The number of hydrogen-bond acceptors (Lipinski definition) is 4. The Morgan fingerprint density at radius 2 is 2.25 bits per heavy atom. The Balaban J connectivity index is 2.18. The van der Waals surface area contributed by atoms with E-state index in [0.717, 1.165) is 12.8 Å². The van der Waals surface area contributed by atoms with Crippen molar-refractivity contribution in [3.8, 4) is 0 Å². The molecule has 1 atom stereocenters. The van der Waals surface area contributed by atoms with Gasteiger partial charge in [-0.1, -0.05) is 0 Å². The summed E-state index contributed by atoms with van der Waals surface area (Å²) in [7, 11) is 3.72. The second-order valence-corrected chi connectivity index (χ2v) is 5.19. The second-order valence-electron chi connectivity index (χ2n) is 5.19. The van der Waals surface area contributed by atoms with Gasteiger partial charge in [-0.3, -0.25) is 9.59 Å². The Kier molecular flexibility index (Phi) is 4.22. The van der Waals surface area contributed by atoms with E-state index < -0.39 is 5.97 Å². The van der Waals surface area contributed by atoms with Gasteiger partial charge in [-0.15, -0.1) is 0 Å². The smallest absolute Gasteiger partial charge is 0.305 e. The van der Waals surface area contributed by atoms with Crippen molar-refractivity contribution < 1.29 is 14.7 Å². The van der Waals surface area contributed by atoms with Crippen molar-refractivity contribution in [1.29, 1.82) is 0 Å². The molecule has 20 heavy (non-hydrogen) atoms.